The molecule has 0 fully saturated rings. The summed E-state index contributed by atoms with van der Waals surface area (Å²) in [5, 5.41) is 17.0. The third kappa shape index (κ3) is 3.15. The van der Waals surface area contributed by atoms with Crippen LogP contribution in [-0.2, 0) is 17.3 Å². The number of aromatic nitrogens is 4. The van der Waals surface area contributed by atoms with Gasteiger partial charge in [0.15, 0.2) is 0 Å². The number of aliphatic carboxylic acids is 1. The SMILES string of the molecule is CC(CCn1nnnc1C(F)(F)C(F)(F)F)C(=O)O. The molecular weight excluding hydrogens is 279 g/mol. The lowest BCUT2D eigenvalue weighted by molar-refractivity contribution is -0.293. The Kier molecular flexibility index (Phi) is 4.06. The topological polar surface area (TPSA) is 80.9 Å². The van der Waals surface area contributed by atoms with Crippen LogP contribution in [0.3, 0.4) is 0 Å². The predicted molar refractivity (Wildman–Crippen MR) is 49.2 cm³/mol. The Balaban J connectivity index is 2.90. The highest BCUT2D eigenvalue weighted by molar-refractivity contribution is 5.69. The van der Waals surface area contributed by atoms with Gasteiger partial charge < -0.3 is 5.11 Å². The van der Waals surface area contributed by atoms with E-state index in [0.29, 0.717) is 0 Å². The molecule has 0 saturated carbocycles. The second-order valence-corrected chi connectivity index (χ2v) is 3.83. The van der Waals surface area contributed by atoms with Gasteiger partial charge in [0.1, 0.15) is 0 Å². The van der Waals surface area contributed by atoms with Crippen LogP contribution in [0.4, 0.5) is 22.0 Å². The van der Waals surface area contributed by atoms with Crippen LogP contribution in [0.2, 0.25) is 0 Å². The summed E-state index contributed by atoms with van der Waals surface area (Å²) in [4.78, 5) is 10.5. The summed E-state index contributed by atoms with van der Waals surface area (Å²) in [6, 6.07) is 0. The van der Waals surface area contributed by atoms with Crippen molar-refractivity contribution in [2.75, 3.05) is 0 Å². The lowest BCUT2D eigenvalue weighted by atomic mass is 10.1. The Morgan fingerprint density at radius 2 is 1.95 bits per heavy atom. The van der Waals surface area contributed by atoms with Crippen LogP contribution in [-0.4, -0.2) is 37.5 Å². The second-order valence-electron chi connectivity index (χ2n) is 3.83. The minimum atomic E-state index is -5.82. The van der Waals surface area contributed by atoms with Crippen molar-refractivity contribution in [2.24, 2.45) is 5.92 Å². The van der Waals surface area contributed by atoms with Gasteiger partial charge in [-0.05, 0) is 16.8 Å². The largest absolute Gasteiger partial charge is 0.481 e. The summed E-state index contributed by atoms with van der Waals surface area (Å²) in [6.45, 7) is 0.829. The molecular formula is C8H9F5N4O2. The molecule has 19 heavy (non-hydrogen) atoms. The molecule has 0 bridgehead atoms. The van der Waals surface area contributed by atoms with Gasteiger partial charge in [-0.3, -0.25) is 4.79 Å². The van der Waals surface area contributed by atoms with E-state index in [1.54, 1.807) is 0 Å². The Bertz CT molecular complexity index is 458. The number of hydrogen-bond donors (Lipinski definition) is 1. The zero-order valence-electron chi connectivity index (χ0n) is 9.53. The lowest BCUT2D eigenvalue weighted by Crippen LogP contribution is -2.37. The minimum absolute atomic E-state index is 0.179. The van der Waals surface area contributed by atoms with Gasteiger partial charge in [0.2, 0.25) is 5.82 Å². The first-order valence-corrected chi connectivity index (χ1v) is 5.01. The number of carboxylic acid groups (broad SMARTS) is 1. The highest BCUT2D eigenvalue weighted by atomic mass is 19.4. The maximum absolute atomic E-state index is 13.0. The van der Waals surface area contributed by atoms with E-state index in [1.807, 2.05) is 0 Å². The fourth-order valence-electron chi connectivity index (χ4n) is 1.15. The van der Waals surface area contributed by atoms with Gasteiger partial charge in [-0.25, -0.2) is 4.68 Å². The number of hydrogen-bond acceptors (Lipinski definition) is 4. The van der Waals surface area contributed by atoms with E-state index in [4.69, 9.17) is 5.11 Å². The van der Waals surface area contributed by atoms with Crippen LogP contribution < -0.4 is 0 Å². The third-order valence-electron chi connectivity index (χ3n) is 2.36. The number of rotatable bonds is 5. The van der Waals surface area contributed by atoms with Crippen LogP contribution in [0.15, 0.2) is 0 Å². The van der Waals surface area contributed by atoms with Crippen molar-refractivity contribution >= 4 is 5.97 Å². The van der Waals surface area contributed by atoms with Gasteiger partial charge >= 0.3 is 18.1 Å². The van der Waals surface area contributed by atoms with Gasteiger partial charge in [0.25, 0.3) is 0 Å². The monoisotopic (exact) mass is 288 g/mol. The molecule has 0 radical (unpaired) electrons. The number of carboxylic acids is 1. The molecule has 1 aromatic rings. The van der Waals surface area contributed by atoms with Crippen LogP contribution >= 0.6 is 0 Å². The number of aryl methyl sites for hydroxylation is 1. The quantitative estimate of drug-likeness (QED) is 0.829. The van der Waals surface area contributed by atoms with Crippen LogP contribution in [0.25, 0.3) is 0 Å². The minimum Gasteiger partial charge on any atom is -0.481 e. The molecule has 1 N–H and O–H groups in total. The van der Waals surface area contributed by atoms with E-state index >= 15 is 0 Å². The van der Waals surface area contributed by atoms with Crippen LogP contribution in [0, 0.1) is 5.92 Å². The van der Waals surface area contributed by atoms with Crippen molar-refractivity contribution in [1.29, 1.82) is 0 Å². The maximum atomic E-state index is 13.0. The Hall–Kier alpha value is -1.81. The van der Waals surface area contributed by atoms with Crippen molar-refractivity contribution < 1.29 is 31.9 Å². The summed E-state index contributed by atoms with van der Waals surface area (Å²) in [6.07, 6.45) is -6.00. The summed E-state index contributed by atoms with van der Waals surface area (Å²) >= 11 is 0. The molecule has 1 rings (SSSR count). The molecule has 0 aliphatic rings. The summed E-state index contributed by atoms with van der Waals surface area (Å²) in [5.41, 5.74) is 0. The molecule has 1 unspecified atom stereocenters. The van der Waals surface area contributed by atoms with Gasteiger partial charge in [0, 0.05) is 6.54 Å². The zero-order valence-corrected chi connectivity index (χ0v) is 9.53. The van der Waals surface area contributed by atoms with Crippen molar-refractivity contribution in [2.45, 2.75) is 32.0 Å². The molecule has 6 nitrogen and oxygen atoms in total. The molecule has 11 heteroatoms. The fraction of sp³-hybridized carbons (Fsp3) is 0.750. The molecule has 0 aliphatic carbocycles. The highest BCUT2D eigenvalue weighted by Gasteiger charge is 2.62. The maximum Gasteiger partial charge on any atom is 0.461 e. The van der Waals surface area contributed by atoms with Crippen LogP contribution in [0.5, 0.6) is 0 Å². The molecule has 108 valence electrons. The van der Waals surface area contributed by atoms with Gasteiger partial charge in [-0.2, -0.15) is 22.0 Å². The van der Waals surface area contributed by atoms with Crippen molar-refractivity contribution in [3.63, 3.8) is 0 Å². The summed E-state index contributed by atoms with van der Waals surface area (Å²) < 4.78 is 62.8. The normalized spacial score (nSPS) is 14.4. The molecule has 0 aliphatic heterocycles. The molecule has 0 saturated heterocycles. The van der Waals surface area contributed by atoms with E-state index in [9.17, 15) is 26.7 Å². The van der Waals surface area contributed by atoms with Crippen LogP contribution in [0.1, 0.15) is 19.2 Å². The second kappa shape index (κ2) is 5.05. The average molecular weight is 288 g/mol. The average Bonchev–Trinajstić information content (AvgIpc) is 2.72. The smallest absolute Gasteiger partial charge is 0.461 e. The van der Waals surface area contributed by atoms with E-state index < -0.39 is 36.4 Å². The number of carbonyl (C=O) groups is 1. The molecule has 0 amide bonds. The van der Waals surface area contributed by atoms with Crippen molar-refractivity contribution in [3.05, 3.63) is 5.82 Å². The van der Waals surface area contributed by atoms with Gasteiger partial charge in [-0.15, -0.1) is 5.10 Å². The predicted octanol–water partition coefficient (Wildman–Crippen LogP) is 1.44. The molecule has 1 atom stereocenters. The van der Waals surface area contributed by atoms with Gasteiger partial charge in [-0.1, -0.05) is 6.92 Å². The first-order valence-electron chi connectivity index (χ1n) is 5.01. The lowest BCUT2D eigenvalue weighted by Gasteiger charge is -2.18. The van der Waals surface area contributed by atoms with E-state index in [0.717, 1.165) is 0 Å². The summed E-state index contributed by atoms with van der Waals surface area (Å²) in [5.74, 6) is -8.96. The molecule has 1 aromatic heterocycles. The number of nitrogens with zero attached hydrogens (tertiary/aromatic N) is 4. The zero-order chi connectivity index (χ0) is 14.8. The van der Waals surface area contributed by atoms with Crippen molar-refractivity contribution in [3.8, 4) is 0 Å². The first kappa shape index (κ1) is 15.2. The summed E-state index contributed by atoms with van der Waals surface area (Å²) in [7, 11) is 0. The van der Waals surface area contributed by atoms with Crippen molar-refractivity contribution in [1.82, 2.24) is 20.2 Å². The first-order chi connectivity index (χ1) is 8.57. The van der Waals surface area contributed by atoms with E-state index in [2.05, 4.69) is 15.5 Å². The number of halogens is 5. The molecule has 0 aromatic carbocycles. The molecule has 1 heterocycles. The fourth-order valence-corrected chi connectivity index (χ4v) is 1.15. The highest BCUT2D eigenvalue weighted by Crippen LogP contribution is 2.42. The Labute approximate surface area is 103 Å². The standard InChI is InChI=1S/C8H9F5N4O2/c1-4(5(18)19)2-3-17-6(14-15-16-17)7(9,10)8(11,12)13/h4H,2-3H2,1H3,(H,18,19). The van der Waals surface area contributed by atoms with E-state index in [1.165, 1.54) is 6.92 Å². The number of alkyl halides is 5. The Morgan fingerprint density at radius 1 is 1.37 bits per heavy atom. The third-order valence-corrected chi connectivity index (χ3v) is 2.36. The number of tetrazole rings is 1. The molecule has 0 spiro atoms. The van der Waals surface area contributed by atoms with E-state index in [-0.39, 0.29) is 11.1 Å². The van der Waals surface area contributed by atoms with Gasteiger partial charge in [0.05, 0.1) is 5.92 Å². The Morgan fingerprint density at radius 3 is 2.42 bits per heavy atom.